The van der Waals surface area contributed by atoms with Gasteiger partial charge < -0.3 is 15.5 Å². The van der Waals surface area contributed by atoms with E-state index >= 15 is 0 Å². The van der Waals surface area contributed by atoms with E-state index < -0.39 is 6.04 Å². The summed E-state index contributed by atoms with van der Waals surface area (Å²) in [7, 11) is 0. The van der Waals surface area contributed by atoms with Crippen LogP contribution < -0.4 is 11.1 Å². The molecule has 0 aliphatic heterocycles. The molecule has 0 saturated carbocycles. The maximum absolute atomic E-state index is 11.8. The van der Waals surface area contributed by atoms with Crippen LogP contribution in [0.25, 0.3) is 0 Å². The Kier molecular flexibility index (Phi) is 7.79. The lowest BCUT2D eigenvalue weighted by molar-refractivity contribution is -0.123. The summed E-state index contributed by atoms with van der Waals surface area (Å²) in [5.41, 5.74) is 5.79. The van der Waals surface area contributed by atoms with Crippen molar-refractivity contribution in [3.8, 4) is 0 Å². The Balaban J connectivity index is 0.00000324. The third kappa shape index (κ3) is 6.12. The fourth-order valence-electron chi connectivity index (χ4n) is 1.69. The van der Waals surface area contributed by atoms with Gasteiger partial charge in [0.05, 0.1) is 6.04 Å². The van der Waals surface area contributed by atoms with Crippen molar-refractivity contribution in [3.05, 3.63) is 23.7 Å². The predicted molar refractivity (Wildman–Crippen MR) is 79.4 cm³/mol. The second-order valence-electron chi connectivity index (χ2n) is 5.23. The van der Waals surface area contributed by atoms with E-state index in [4.69, 9.17) is 10.2 Å². The van der Waals surface area contributed by atoms with Gasteiger partial charge in [0.1, 0.15) is 11.5 Å². The lowest BCUT2D eigenvalue weighted by Gasteiger charge is -2.19. The summed E-state index contributed by atoms with van der Waals surface area (Å²) in [4.78, 5) is 11.8. The first-order valence-corrected chi connectivity index (χ1v) is 6.51. The molecule has 1 aromatic rings. The fraction of sp³-hybridized carbons (Fsp3) is 0.643. The van der Waals surface area contributed by atoms with Crippen LogP contribution in [-0.4, -0.2) is 18.0 Å². The zero-order valence-electron chi connectivity index (χ0n) is 12.1. The predicted octanol–water partition coefficient (Wildman–Crippen LogP) is 2.43. The van der Waals surface area contributed by atoms with E-state index in [1.807, 2.05) is 39.8 Å². The van der Waals surface area contributed by atoms with Crippen LogP contribution in [0, 0.1) is 12.8 Å². The fourth-order valence-corrected chi connectivity index (χ4v) is 1.69. The largest absolute Gasteiger partial charge is 0.466 e. The number of nitrogens with one attached hydrogen (secondary N) is 1. The summed E-state index contributed by atoms with van der Waals surface area (Å²) in [6.45, 7) is 7.80. The van der Waals surface area contributed by atoms with Crippen molar-refractivity contribution in [2.24, 2.45) is 11.7 Å². The Bertz CT molecular complexity index is 391. The molecule has 2 atom stereocenters. The average Bonchev–Trinajstić information content (AvgIpc) is 2.71. The monoisotopic (exact) mass is 288 g/mol. The van der Waals surface area contributed by atoms with Crippen LogP contribution >= 0.6 is 12.4 Å². The SMILES string of the molecule is Cc1ccc(CCC(C)NC(=O)[C@@H](N)C(C)C)o1.Cl. The molecule has 1 rings (SSSR count). The molecule has 1 aromatic heterocycles. The second kappa shape index (κ2) is 8.23. The van der Waals surface area contributed by atoms with E-state index in [-0.39, 0.29) is 30.3 Å². The molecule has 0 fully saturated rings. The van der Waals surface area contributed by atoms with E-state index in [9.17, 15) is 4.79 Å². The number of carbonyl (C=O) groups is 1. The van der Waals surface area contributed by atoms with Gasteiger partial charge in [-0.15, -0.1) is 12.4 Å². The van der Waals surface area contributed by atoms with Gasteiger partial charge in [0, 0.05) is 12.5 Å². The number of nitrogens with two attached hydrogens (primary N) is 1. The summed E-state index contributed by atoms with van der Waals surface area (Å²) in [6, 6.07) is 3.60. The Morgan fingerprint density at radius 3 is 2.47 bits per heavy atom. The van der Waals surface area contributed by atoms with E-state index in [1.165, 1.54) is 0 Å². The van der Waals surface area contributed by atoms with Crippen molar-refractivity contribution in [1.29, 1.82) is 0 Å². The van der Waals surface area contributed by atoms with E-state index in [0.717, 1.165) is 24.4 Å². The van der Waals surface area contributed by atoms with E-state index in [0.29, 0.717) is 0 Å². The molecule has 110 valence electrons. The lowest BCUT2D eigenvalue weighted by Crippen LogP contribution is -2.47. The standard InChI is InChI=1S/C14H24N2O2.ClH/c1-9(2)13(15)14(17)16-10(3)5-7-12-8-6-11(4)18-12;/h6,8-10,13H,5,7,15H2,1-4H3,(H,16,17);1H/t10?,13-;/m0./s1. The zero-order valence-corrected chi connectivity index (χ0v) is 12.9. The minimum Gasteiger partial charge on any atom is -0.466 e. The van der Waals surface area contributed by atoms with Gasteiger partial charge in [-0.2, -0.15) is 0 Å². The number of hydrogen-bond donors (Lipinski definition) is 2. The molecule has 0 saturated heterocycles. The lowest BCUT2D eigenvalue weighted by atomic mass is 10.0. The third-order valence-electron chi connectivity index (χ3n) is 3.03. The molecule has 3 N–H and O–H groups in total. The number of amides is 1. The molecule has 0 spiro atoms. The highest BCUT2D eigenvalue weighted by molar-refractivity contribution is 5.85. The molecule has 4 nitrogen and oxygen atoms in total. The van der Waals surface area contributed by atoms with Crippen molar-refractivity contribution < 1.29 is 9.21 Å². The van der Waals surface area contributed by atoms with Gasteiger partial charge in [0.25, 0.3) is 0 Å². The van der Waals surface area contributed by atoms with Crippen LogP contribution in [-0.2, 0) is 11.2 Å². The molecular formula is C14H25ClN2O2. The van der Waals surface area contributed by atoms with Crippen molar-refractivity contribution >= 4 is 18.3 Å². The Morgan fingerprint density at radius 1 is 1.37 bits per heavy atom. The van der Waals surface area contributed by atoms with Crippen LogP contribution in [0.3, 0.4) is 0 Å². The maximum atomic E-state index is 11.8. The zero-order chi connectivity index (χ0) is 13.7. The summed E-state index contributed by atoms with van der Waals surface area (Å²) >= 11 is 0. The molecule has 0 aliphatic carbocycles. The number of furan rings is 1. The van der Waals surface area contributed by atoms with E-state index in [2.05, 4.69) is 5.32 Å². The summed E-state index contributed by atoms with van der Waals surface area (Å²) in [5, 5.41) is 2.93. The smallest absolute Gasteiger partial charge is 0.237 e. The molecule has 0 bridgehead atoms. The molecule has 0 aliphatic rings. The normalized spacial score (nSPS) is 13.8. The van der Waals surface area contributed by atoms with Crippen molar-refractivity contribution in [2.45, 2.75) is 52.6 Å². The van der Waals surface area contributed by atoms with Gasteiger partial charge in [0.2, 0.25) is 5.91 Å². The number of carbonyl (C=O) groups excluding carboxylic acids is 1. The van der Waals surface area contributed by atoms with Crippen molar-refractivity contribution in [2.75, 3.05) is 0 Å². The first-order valence-electron chi connectivity index (χ1n) is 6.51. The Morgan fingerprint density at radius 2 is 2.00 bits per heavy atom. The minimum atomic E-state index is -0.432. The Hall–Kier alpha value is -1.00. The molecule has 1 heterocycles. The Labute approximate surface area is 121 Å². The van der Waals surface area contributed by atoms with Gasteiger partial charge in [-0.1, -0.05) is 13.8 Å². The van der Waals surface area contributed by atoms with Gasteiger partial charge in [-0.05, 0) is 38.3 Å². The second-order valence-corrected chi connectivity index (χ2v) is 5.23. The van der Waals surface area contributed by atoms with Crippen LogP contribution in [0.15, 0.2) is 16.5 Å². The molecule has 19 heavy (non-hydrogen) atoms. The first-order chi connectivity index (χ1) is 8.40. The molecule has 0 radical (unpaired) electrons. The first kappa shape index (κ1) is 18.0. The topological polar surface area (TPSA) is 68.3 Å². The van der Waals surface area contributed by atoms with Crippen molar-refractivity contribution in [3.63, 3.8) is 0 Å². The number of aryl methyl sites for hydroxylation is 2. The summed E-state index contributed by atoms with van der Waals surface area (Å²) in [5.74, 6) is 1.96. The van der Waals surface area contributed by atoms with Crippen LogP contribution in [0.2, 0.25) is 0 Å². The summed E-state index contributed by atoms with van der Waals surface area (Å²) in [6.07, 6.45) is 1.68. The number of hydrogen-bond acceptors (Lipinski definition) is 3. The highest BCUT2D eigenvalue weighted by Gasteiger charge is 2.18. The van der Waals surface area contributed by atoms with E-state index in [1.54, 1.807) is 0 Å². The summed E-state index contributed by atoms with van der Waals surface area (Å²) < 4.78 is 5.49. The maximum Gasteiger partial charge on any atom is 0.237 e. The minimum absolute atomic E-state index is 0. The molecule has 1 amide bonds. The average molecular weight is 289 g/mol. The highest BCUT2D eigenvalue weighted by atomic mass is 35.5. The quantitative estimate of drug-likeness (QED) is 0.845. The van der Waals surface area contributed by atoms with Gasteiger partial charge in [-0.3, -0.25) is 4.79 Å². The van der Waals surface area contributed by atoms with Crippen LogP contribution in [0.5, 0.6) is 0 Å². The van der Waals surface area contributed by atoms with Crippen LogP contribution in [0.4, 0.5) is 0 Å². The number of halogens is 1. The third-order valence-corrected chi connectivity index (χ3v) is 3.03. The van der Waals surface area contributed by atoms with Crippen LogP contribution in [0.1, 0.15) is 38.7 Å². The molecule has 5 heteroatoms. The number of rotatable bonds is 6. The molecule has 1 unspecified atom stereocenters. The van der Waals surface area contributed by atoms with Gasteiger partial charge in [-0.25, -0.2) is 0 Å². The molecule has 0 aromatic carbocycles. The van der Waals surface area contributed by atoms with Gasteiger partial charge in [0.15, 0.2) is 0 Å². The van der Waals surface area contributed by atoms with Gasteiger partial charge >= 0.3 is 0 Å². The van der Waals surface area contributed by atoms with Crippen molar-refractivity contribution in [1.82, 2.24) is 5.32 Å². The highest BCUT2D eigenvalue weighted by Crippen LogP contribution is 2.10. The molecular weight excluding hydrogens is 264 g/mol.